The summed E-state index contributed by atoms with van der Waals surface area (Å²) in [5.41, 5.74) is 3.95. The minimum absolute atomic E-state index is 0.0224. The molecule has 1 aromatic heterocycles. The Labute approximate surface area is 218 Å². The number of rotatable bonds is 8. The Morgan fingerprint density at radius 3 is 2.57 bits per heavy atom. The van der Waals surface area contributed by atoms with Crippen molar-refractivity contribution in [2.45, 2.75) is 44.8 Å². The van der Waals surface area contributed by atoms with E-state index in [1.54, 1.807) is 49.2 Å². The number of carbonyl (C=O) groups excluding carboxylic acids is 2. The van der Waals surface area contributed by atoms with Gasteiger partial charge in [0.15, 0.2) is 0 Å². The minimum Gasteiger partial charge on any atom is -0.349 e. The van der Waals surface area contributed by atoms with E-state index in [2.05, 4.69) is 10.9 Å². The molecule has 1 aromatic carbocycles. The van der Waals surface area contributed by atoms with Crippen LogP contribution in [0.1, 0.15) is 42.7 Å². The lowest BCUT2D eigenvalue weighted by atomic mass is 10.1. The Morgan fingerprint density at radius 2 is 1.97 bits per heavy atom. The van der Waals surface area contributed by atoms with Gasteiger partial charge in [0, 0.05) is 31.4 Å². The molecule has 0 radical (unpaired) electrons. The summed E-state index contributed by atoms with van der Waals surface area (Å²) in [6.45, 7) is 5.79. The zero-order valence-electron chi connectivity index (χ0n) is 21.6. The SMILES string of the molecule is C#CCN(C)C(=N)c1ccc(CN2C(=O)CN(S(=O)(=O)c3cc(C=C(C)C)c(C)[nH]3)CCC2C=O)cc1. The first-order valence-electron chi connectivity index (χ1n) is 11.9. The highest BCUT2D eigenvalue weighted by Gasteiger charge is 2.36. The second-order valence-corrected chi connectivity index (χ2v) is 11.3. The van der Waals surface area contributed by atoms with Gasteiger partial charge in [-0.15, -0.1) is 6.42 Å². The lowest BCUT2D eigenvalue weighted by Crippen LogP contribution is -2.42. The van der Waals surface area contributed by atoms with Crippen LogP contribution in [0.25, 0.3) is 6.08 Å². The number of amidine groups is 1. The molecule has 0 spiro atoms. The quantitative estimate of drug-likeness (QED) is 0.239. The average molecular weight is 524 g/mol. The van der Waals surface area contributed by atoms with Crippen molar-refractivity contribution in [2.75, 3.05) is 26.7 Å². The number of benzene rings is 1. The molecule has 1 atom stereocenters. The normalized spacial score (nSPS) is 16.6. The third-order valence-corrected chi connectivity index (χ3v) is 8.01. The molecule has 1 amide bonds. The van der Waals surface area contributed by atoms with E-state index < -0.39 is 22.0 Å². The van der Waals surface area contributed by atoms with Crippen molar-refractivity contribution in [3.05, 3.63) is 58.3 Å². The number of aromatic amines is 1. The van der Waals surface area contributed by atoms with Gasteiger partial charge in [-0.1, -0.05) is 41.8 Å². The summed E-state index contributed by atoms with van der Waals surface area (Å²) in [5.74, 6) is 2.32. The number of carbonyl (C=O) groups is 2. The first kappa shape index (κ1) is 27.9. The summed E-state index contributed by atoms with van der Waals surface area (Å²) in [6, 6.07) is 7.92. The van der Waals surface area contributed by atoms with Crippen molar-refractivity contribution in [3.8, 4) is 12.3 Å². The van der Waals surface area contributed by atoms with Crippen LogP contribution in [0, 0.1) is 24.7 Å². The van der Waals surface area contributed by atoms with Crippen molar-refractivity contribution in [3.63, 3.8) is 0 Å². The molecule has 1 saturated heterocycles. The summed E-state index contributed by atoms with van der Waals surface area (Å²) >= 11 is 0. The smallest absolute Gasteiger partial charge is 0.258 e. The van der Waals surface area contributed by atoms with Gasteiger partial charge in [-0.05, 0) is 44.4 Å². The Morgan fingerprint density at radius 1 is 1.30 bits per heavy atom. The number of nitrogens with one attached hydrogen (secondary N) is 2. The van der Waals surface area contributed by atoms with Crippen LogP contribution < -0.4 is 0 Å². The van der Waals surface area contributed by atoms with E-state index in [9.17, 15) is 18.0 Å². The highest BCUT2D eigenvalue weighted by Crippen LogP contribution is 2.24. The molecule has 2 N–H and O–H groups in total. The van der Waals surface area contributed by atoms with Crippen LogP contribution in [0.4, 0.5) is 0 Å². The molecule has 1 fully saturated rings. The number of terminal acetylenes is 1. The number of aromatic nitrogens is 1. The van der Waals surface area contributed by atoms with Gasteiger partial charge < -0.3 is 19.6 Å². The highest BCUT2D eigenvalue weighted by molar-refractivity contribution is 7.89. The Bertz CT molecular complexity index is 1350. The third kappa shape index (κ3) is 6.37. The maximum Gasteiger partial charge on any atom is 0.258 e. The second-order valence-electron chi connectivity index (χ2n) is 9.39. The van der Waals surface area contributed by atoms with E-state index in [0.717, 1.165) is 26.7 Å². The number of allylic oxidation sites excluding steroid dienone is 1. The zero-order valence-corrected chi connectivity index (χ0v) is 22.4. The van der Waals surface area contributed by atoms with Crippen LogP contribution in [0.15, 0.2) is 40.9 Å². The second kappa shape index (κ2) is 11.6. The summed E-state index contributed by atoms with van der Waals surface area (Å²) < 4.78 is 27.9. The zero-order chi connectivity index (χ0) is 27.3. The fourth-order valence-electron chi connectivity index (χ4n) is 4.17. The molecule has 0 bridgehead atoms. The lowest BCUT2D eigenvalue weighted by Gasteiger charge is -2.26. The van der Waals surface area contributed by atoms with E-state index in [-0.39, 0.29) is 36.9 Å². The molecule has 2 aromatic rings. The standard InChI is InChI=1S/C27H33N5O4S/c1-6-12-30(5)27(28)22-9-7-21(8-10-22)16-32-24(18-33)11-13-31(17-26(32)34)37(35,36)25-15-23(14-19(2)3)20(4)29-25/h1,7-10,14-15,18,24,28-29H,11-13,16-17H2,2-5H3. The van der Waals surface area contributed by atoms with Crippen molar-refractivity contribution in [2.24, 2.45) is 0 Å². The first-order valence-corrected chi connectivity index (χ1v) is 13.3. The molecule has 0 saturated carbocycles. The number of aldehydes is 1. The van der Waals surface area contributed by atoms with Gasteiger partial charge in [0.25, 0.3) is 10.0 Å². The largest absolute Gasteiger partial charge is 0.349 e. The van der Waals surface area contributed by atoms with Crippen molar-refractivity contribution < 1.29 is 18.0 Å². The average Bonchev–Trinajstić information content (AvgIpc) is 3.14. The fourth-order valence-corrected chi connectivity index (χ4v) is 5.63. The number of hydrogen-bond acceptors (Lipinski definition) is 5. The van der Waals surface area contributed by atoms with Gasteiger partial charge in [0.2, 0.25) is 5.91 Å². The van der Waals surface area contributed by atoms with Gasteiger partial charge in [0.05, 0.1) is 19.1 Å². The summed E-state index contributed by atoms with van der Waals surface area (Å²) in [4.78, 5) is 31.1. The molecule has 196 valence electrons. The molecule has 37 heavy (non-hydrogen) atoms. The molecule has 1 aliphatic heterocycles. The van der Waals surface area contributed by atoms with Crippen molar-refractivity contribution in [1.29, 1.82) is 5.41 Å². The fraction of sp³-hybridized carbons (Fsp3) is 0.370. The van der Waals surface area contributed by atoms with Gasteiger partial charge >= 0.3 is 0 Å². The summed E-state index contributed by atoms with van der Waals surface area (Å²) in [6.07, 6.45) is 8.09. The predicted molar refractivity (Wildman–Crippen MR) is 143 cm³/mol. The van der Waals surface area contributed by atoms with Gasteiger partial charge in [-0.3, -0.25) is 10.2 Å². The van der Waals surface area contributed by atoms with Crippen LogP contribution in [0.2, 0.25) is 0 Å². The molecule has 2 heterocycles. The lowest BCUT2D eigenvalue weighted by molar-refractivity contribution is -0.135. The van der Waals surface area contributed by atoms with Crippen LogP contribution in [-0.4, -0.2) is 78.3 Å². The number of nitrogens with zero attached hydrogens (tertiary/aromatic N) is 3. The number of hydrogen-bond donors (Lipinski definition) is 2. The third-order valence-electron chi connectivity index (χ3n) is 6.25. The topological polar surface area (TPSA) is 118 Å². The number of H-pyrrole nitrogens is 1. The van der Waals surface area contributed by atoms with E-state index in [1.807, 2.05) is 19.9 Å². The van der Waals surface area contributed by atoms with Gasteiger partial charge in [0.1, 0.15) is 17.1 Å². The molecule has 0 aliphatic carbocycles. The van der Waals surface area contributed by atoms with Gasteiger partial charge in [-0.2, -0.15) is 4.31 Å². The van der Waals surface area contributed by atoms with Crippen molar-refractivity contribution >= 4 is 34.1 Å². The molecular weight excluding hydrogens is 490 g/mol. The predicted octanol–water partition coefficient (Wildman–Crippen LogP) is 2.63. The van der Waals surface area contributed by atoms with Crippen molar-refractivity contribution in [1.82, 2.24) is 19.1 Å². The number of sulfonamides is 1. The summed E-state index contributed by atoms with van der Waals surface area (Å²) in [5, 5.41) is 8.26. The molecular formula is C27H33N5O4S. The van der Waals surface area contributed by atoms with Crippen LogP contribution in [0.5, 0.6) is 0 Å². The van der Waals surface area contributed by atoms with E-state index in [4.69, 9.17) is 11.8 Å². The monoisotopic (exact) mass is 523 g/mol. The van der Waals surface area contributed by atoms with Gasteiger partial charge in [-0.25, -0.2) is 8.42 Å². The molecule has 10 heteroatoms. The maximum absolute atomic E-state index is 13.4. The Kier molecular flexibility index (Phi) is 8.73. The highest BCUT2D eigenvalue weighted by atomic mass is 32.2. The van der Waals surface area contributed by atoms with Crippen LogP contribution in [0.3, 0.4) is 0 Å². The van der Waals surface area contributed by atoms with Crippen LogP contribution in [-0.2, 0) is 26.2 Å². The molecule has 9 nitrogen and oxygen atoms in total. The van der Waals surface area contributed by atoms with E-state index >= 15 is 0 Å². The number of aryl methyl sites for hydroxylation is 1. The number of amides is 1. The minimum atomic E-state index is -3.97. The first-order chi connectivity index (χ1) is 17.5. The van der Waals surface area contributed by atoms with Crippen LogP contribution >= 0.6 is 0 Å². The summed E-state index contributed by atoms with van der Waals surface area (Å²) in [7, 11) is -2.24. The molecule has 1 aliphatic rings. The maximum atomic E-state index is 13.4. The van der Waals surface area contributed by atoms with E-state index in [1.165, 1.54) is 4.90 Å². The Balaban J connectivity index is 1.79. The molecule has 1 unspecified atom stereocenters. The molecule has 3 rings (SSSR count). The Hall–Kier alpha value is -3.68. The van der Waals surface area contributed by atoms with E-state index in [0.29, 0.717) is 18.4 Å².